The van der Waals surface area contributed by atoms with Crippen LogP contribution in [0.5, 0.6) is 0 Å². The van der Waals surface area contributed by atoms with Crippen molar-refractivity contribution in [3.8, 4) is 0 Å². The molecule has 0 fully saturated rings. The molecule has 2 aromatic carbocycles. The van der Waals surface area contributed by atoms with E-state index in [0.717, 1.165) is 10.0 Å². The fourth-order valence-electron chi connectivity index (χ4n) is 2.45. The first-order valence-electron chi connectivity index (χ1n) is 7.18. The lowest BCUT2D eigenvalue weighted by Crippen LogP contribution is -2.32. The van der Waals surface area contributed by atoms with E-state index in [9.17, 15) is 9.59 Å². The highest BCUT2D eigenvalue weighted by molar-refractivity contribution is 9.10. The second-order valence-corrected chi connectivity index (χ2v) is 6.18. The molecule has 6 heteroatoms. The lowest BCUT2D eigenvalue weighted by atomic mass is 10.1. The van der Waals surface area contributed by atoms with Gasteiger partial charge in [0.05, 0.1) is 11.6 Å². The minimum absolute atomic E-state index is 0.0752. The normalized spacial score (nSPS) is 12.3. The summed E-state index contributed by atoms with van der Waals surface area (Å²) in [5, 5.41) is 2.89. The Morgan fingerprint density at radius 1 is 1.26 bits per heavy atom. The van der Waals surface area contributed by atoms with E-state index in [2.05, 4.69) is 21.2 Å². The first kappa shape index (κ1) is 15.6. The molecule has 3 rings (SSSR count). The number of halogens is 1. The van der Waals surface area contributed by atoms with Crippen LogP contribution in [0.25, 0.3) is 11.1 Å². The maximum Gasteiger partial charge on any atom is 0.420 e. The van der Waals surface area contributed by atoms with Crippen LogP contribution >= 0.6 is 15.9 Å². The van der Waals surface area contributed by atoms with Crippen molar-refractivity contribution in [2.45, 2.75) is 19.5 Å². The van der Waals surface area contributed by atoms with Crippen molar-refractivity contribution >= 4 is 32.9 Å². The Labute approximate surface area is 141 Å². The minimum Gasteiger partial charge on any atom is -0.408 e. The molecule has 0 aliphatic rings. The minimum atomic E-state index is -0.531. The second-order valence-electron chi connectivity index (χ2n) is 5.27. The molecule has 1 atom stereocenters. The molecule has 0 aliphatic carbocycles. The SMILES string of the molecule is CC(NC(=O)Cn1c(=O)oc2ccccc21)c1cccc(Br)c1. The van der Waals surface area contributed by atoms with E-state index in [1.165, 1.54) is 4.57 Å². The van der Waals surface area contributed by atoms with Crippen molar-refractivity contribution in [3.63, 3.8) is 0 Å². The van der Waals surface area contributed by atoms with Crippen LogP contribution in [-0.2, 0) is 11.3 Å². The number of hydrogen-bond donors (Lipinski definition) is 1. The standard InChI is InChI=1S/C17H15BrN2O3/c1-11(12-5-4-6-13(18)9-12)19-16(21)10-20-14-7-2-3-8-15(14)23-17(20)22/h2-9,11H,10H2,1H3,(H,19,21). The van der Waals surface area contributed by atoms with Gasteiger partial charge in [0.15, 0.2) is 5.58 Å². The number of benzene rings is 2. The van der Waals surface area contributed by atoms with Crippen LogP contribution in [0, 0.1) is 0 Å². The van der Waals surface area contributed by atoms with E-state index in [4.69, 9.17) is 4.42 Å². The van der Waals surface area contributed by atoms with E-state index < -0.39 is 5.76 Å². The van der Waals surface area contributed by atoms with Crippen molar-refractivity contribution in [2.24, 2.45) is 0 Å². The van der Waals surface area contributed by atoms with Crippen molar-refractivity contribution in [1.29, 1.82) is 0 Å². The van der Waals surface area contributed by atoms with Gasteiger partial charge in [-0.15, -0.1) is 0 Å². The summed E-state index contributed by atoms with van der Waals surface area (Å²) in [5.41, 5.74) is 2.07. The van der Waals surface area contributed by atoms with E-state index in [0.29, 0.717) is 11.1 Å². The summed E-state index contributed by atoms with van der Waals surface area (Å²) in [7, 11) is 0. The van der Waals surface area contributed by atoms with Gasteiger partial charge in [-0.3, -0.25) is 9.36 Å². The zero-order valence-corrected chi connectivity index (χ0v) is 14.0. The number of fused-ring (bicyclic) bond motifs is 1. The lowest BCUT2D eigenvalue weighted by molar-refractivity contribution is -0.122. The third kappa shape index (κ3) is 3.37. The van der Waals surface area contributed by atoms with Gasteiger partial charge in [-0.05, 0) is 36.8 Å². The van der Waals surface area contributed by atoms with Crippen LogP contribution in [-0.4, -0.2) is 10.5 Å². The van der Waals surface area contributed by atoms with E-state index >= 15 is 0 Å². The predicted molar refractivity (Wildman–Crippen MR) is 91.2 cm³/mol. The third-order valence-corrected chi connectivity index (χ3v) is 4.09. The first-order chi connectivity index (χ1) is 11.0. The van der Waals surface area contributed by atoms with Crippen molar-refractivity contribution in [1.82, 2.24) is 9.88 Å². The fourth-order valence-corrected chi connectivity index (χ4v) is 2.87. The molecule has 1 aromatic heterocycles. The molecular formula is C17H15BrN2O3. The Hall–Kier alpha value is -2.34. The van der Waals surface area contributed by atoms with E-state index in [1.807, 2.05) is 31.2 Å². The number of para-hydroxylation sites is 2. The maximum absolute atomic E-state index is 12.3. The number of nitrogens with zero attached hydrogens (tertiary/aromatic N) is 1. The molecule has 0 saturated heterocycles. The van der Waals surface area contributed by atoms with Crippen molar-refractivity contribution < 1.29 is 9.21 Å². The van der Waals surface area contributed by atoms with Gasteiger partial charge in [-0.2, -0.15) is 0 Å². The summed E-state index contributed by atoms with van der Waals surface area (Å²) in [5.74, 6) is -0.775. The molecule has 23 heavy (non-hydrogen) atoms. The number of oxazole rings is 1. The van der Waals surface area contributed by atoms with Gasteiger partial charge < -0.3 is 9.73 Å². The highest BCUT2D eigenvalue weighted by Crippen LogP contribution is 2.18. The summed E-state index contributed by atoms with van der Waals surface area (Å²) in [4.78, 5) is 24.1. The van der Waals surface area contributed by atoms with Crippen LogP contribution in [0.2, 0.25) is 0 Å². The fraction of sp³-hybridized carbons (Fsp3) is 0.176. The number of amides is 1. The summed E-state index contributed by atoms with van der Waals surface area (Å²) >= 11 is 3.41. The Balaban J connectivity index is 1.76. The smallest absolute Gasteiger partial charge is 0.408 e. The monoisotopic (exact) mass is 374 g/mol. The third-order valence-electron chi connectivity index (χ3n) is 3.60. The molecule has 5 nitrogen and oxygen atoms in total. The summed E-state index contributed by atoms with van der Waals surface area (Å²) in [6.07, 6.45) is 0. The average molecular weight is 375 g/mol. The molecular weight excluding hydrogens is 360 g/mol. The quantitative estimate of drug-likeness (QED) is 0.762. The summed E-state index contributed by atoms with van der Waals surface area (Å²) < 4.78 is 7.41. The number of carbonyl (C=O) groups is 1. The van der Waals surface area contributed by atoms with Gasteiger partial charge in [0.25, 0.3) is 0 Å². The molecule has 0 aliphatic heterocycles. The van der Waals surface area contributed by atoms with Crippen molar-refractivity contribution in [2.75, 3.05) is 0 Å². The average Bonchev–Trinajstić information content (AvgIpc) is 2.83. The number of nitrogens with one attached hydrogen (secondary N) is 1. The predicted octanol–water partition coefficient (Wildman–Crippen LogP) is 3.23. The summed E-state index contributed by atoms with van der Waals surface area (Å²) in [6.45, 7) is 1.82. The van der Waals surface area contributed by atoms with E-state index in [1.54, 1.807) is 24.3 Å². The van der Waals surface area contributed by atoms with E-state index in [-0.39, 0.29) is 18.5 Å². The van der Waals surface area contributed by atoms with Crippen LogP contribution in [0.3, 0.4) is 0 Å². The maximum atomic E-state index is 12.3. The van der Waals surface area contributed by atoms with Crippen LogP contribution in [0.15, 0.2) is 62.2 Å². The molecule has 1 amide bonds. The Kier molecular flexibility index (Phi) is 4.34. The molecule has 3 aromatic rings. The van der Waals surface area contributed by atoms with Crippen LogP contribution in [0.4, 0.5) is 0 Å². The highest BCUT2D eigenvalue weighted by Gasteiger charge is 2.14. The number of carbonyl (C=O) groups excluding carboxylic acids is 1. The number of aromatic nitrogens is 1. The molecule has 0 saturated carbocycles. The van der Waals surface area contributed by atoms with Gasteiger partial charge in [0.2, 0.25) is 5.91 Å². The molecule has 1 N–H and O–H groups in total. The zero-order chi connectivity index (χ0) is 16.4. The first-order valence-corrected chi connectivity index (χ1v) is 7.97. The number of rotatable bonds is 4. The molecule has 1 heterocycles. The van der Waals surface area contributed by atoms with Gasteiger partial charge in [-0.25, -0.2) is 4.79 Å². The largest absolute Gasteiger partial charge is 0.420 e. The van der Waals surface area contributed by atoms with Gasteiger partial charge in [-0.1, -0.05) is 40.2 Å². The highest BCUT2D eigenvalue weighted by atomic mass is 79.9. The number of hydrogen-bond acceptors (Lipinski definition) is 3. The van der Waals surface area contributed by atoms with Gasteiger partial charge in [0.1, 0.15) is 6.54 Å². The van der Waals surface area contributed by atoms with Crippen molar-refractivity contribution in [3.05, 3.63) is 69.1 Å². The van der Waals surface area contributed by atoms with Gasteiger partial charge >= 0.3 is 5.76 Å². The second kappa shape index (κ2) is 6.42. The lowest BCUT2D eigenvalue weighted by Gasteiger charge is -2.14. The van der Waals surface area contributed by atoms with Crippen LogP contribution < -0.4 is 11.1 Å². The Morgan fingerprint density at radius 2 is 2.04 bits per heavy atom. The summed E-state index contributed by atoms with van der Waals surface area (Å²) in [6, 6.07) is 14.6. The molecule has 0 bridgehead atoms. The Morgan fingerprint density at radius 3 is 2.83 bits per heavy atom. The zero-order valence-electron chi connectivity index (χ0n) is 12.5. The Bertz CT molecular complexity index is 913. The molecule has 0 spiro atoms. The molecule has 118 valence electrons. The van der Waals surface area contributed by atoms with Gasteiger partial charge in [0, 0.05) is 4.47 Å². The topological polar surface area (TPSA) is 64.2 Å². The molecule has 0 radical (unpaired) electrons. The molecule has 1 unspecified atom stereocenters. The van der Waals surface area contributed by atoms with Crippen LogP contribution in [0.1, 0.15) is 18.5 Å².